The van der Waals surface area contributed by atoms with Crippen molar-refractivity contribution in [3.05, 3.63) is 53.4 Å². The van der Waals surface area contributed by atoms with E-state index in [9.17, 15) is 4.39 Å². The molecular formula is C19H28FN5S. The molecule has 0 saturated carbocycles. The van der Waals surface area contributed by atoms with Crippen LogP contribution in [-0.2, 0) is 25.4 Å². The topological polar surface area (TPSA) is 54.2 Å². The summed E-state index contributed by atoms with van der Waals surface area (Å²) in [5, 5.41) is 6.59. The van der Waals surface area contributed by atoms with Gasteiger partial charge in [-0.2, -0.15) is 11.8 Å². The van der Waals surface area contributed by atoms with Crippen LogP contribution in [-0.4, -0.2) is 28.8 Å². The van der Waals surface area contributed by atoms with E-state index in [0.717, 1.165) is 29.2 Å². The summed E-state index contributed by atoms with van der Waals surface area (Å²) < 4.78 is 15.6. The van der Waals surface area contributed by atoms with Crippen molar-refractivity contribution in [2.75, 3.05) is 13.3 Å². The number of guanidine groups is 1. The lowest BCUT2D eigenvalue weighted by atomic mass is 10.1. The third kappa shape index (κ3) is 6.05. The Kier molecular flexibility index (Phi) is 7.97. The van der Waals surface area contributed by atoms with Crippen molar-refractivity contribution in [1.29, 1.82) is 0 Å². The molecule has 0 amide bonds. The average molecular weight is 378 g/mol. The summed E-state index contributed by atoms with van der Waals surface area (Å²) in [5.41, 5.74) is 2.08. The standard InChI is InChI=1S/C19H28FN5S/c1-14(2)12-25-8-7-22-18(25)11-24-19(21-3)23-10-15-5-6-17(20)9-16(15)13-26-4/h5-9,14H,10-13H2,1-4H3,(H2,21,23,24). The van der Waals surface area contributed by atoms with Gasteiger partial charge in [0.15, 0.2) is 5.96 Å². The van der Waals surface area contributed by atoms with Crippen molar-refractivity contribution < 1.29 is 4.39 Å². The van der Waals surface area contributed by atoms with E-state index in [0.29, 0.717) is 25.0 Å². The van der Waals surface area contributed by atoms with Gasteiger partial charge in [0, 0.05) is 38.3 Å². The predicted octanol–water partition coefficient (Wildman–Crippen LogP) is 3.41. The maximum absolute atomic E-state index is 13.5. The summed E-state index contributed by atoms with van der Waals surface area (Å²) in [5.74, 6) is 2.83. The van der Waals surface area contributed by atoms with Crippen molar-refractivity contribution in [3.63, 3.8) is 0 Å². The number of thioether (sulfide) groups is 1. The molecule has 2 N–H and O–H groups in total. The highest BCUT2D eigenvalue weighted by Crippen LogP contribution is 2.16. The number of hydrogen-bond acceptors (Lipinski definition) is 3. The van der Waals surface area contributed by atoms with Gasteiger partial charge >= 0.3 is 0 Å². The number of nitrogens with one attached hydrogen (secondary N) is 2. The van der Waals surface area contributed by atoms with Crippen LogP contribution in [0.1, 0.15) is 30.8 Å². The molecule has 1 aromatic carbocycles. The van der Waals surface area contributed by atoms with E-state index in [4.69, 9.17) is 0 Å². The Balaban J connectivity index is 1.94. The first-order valence-corrected chi connectivity index (χ1v) is 10.1. The van der Waals surface area contributed by atoms with Crippen molar-refractivity contribution >= 4 is 17.7 Å². The normalized spacial score (nSPS) is 11.8. The van der Waals surface area contributed by atoms with Crippen LogP contribution in [0.3, 0.4) is 0 Å². The van der Waals surface area contributed by atoms with Crippen LogP contribution in [0.2, 0.25) is 0 Å². The van der Waals surface area contributed by atoms with Crippen LogP contribution in [0.25, 0.3) is 0 Å². The smallest absolute Gasteiger partial charge is 0.191 e. The third-order valence-electron chi connectivity index (χ3n) is 3.92. The van der Waals surface area contributed by atoms with E-state index in [1.165, 1.54) is 6.07 Å². The fourth-order valence-corrected chi connectivity index (χ4v) is 3.27. The minimum absolute atomic E-state index is 0.197. The number of hydrogen-bond donors (Lipinski definition) is 2. The maximum atomic E-state index is 13.5. The Morgan fingerprint density at radius 2 is 2.04 bits per heavy atom. The first kappa shape index (κ1) is 20.3. The van der Waals surface area contributed by atoms with E-state index >= 15 is 0 Å². The van der Waals surface area contributed by atoms with Gasteiger partial charge in [0.05, 0.1) is 6.54 Å². The molecule has 0 unspecified atom stereocenters. The summed E-state index contributed by atoms with van der Waals surface area (Å²) >= 11 is 1.68. The van der Waals surface area contributed by atoms with E-state index in [-0.39, 0.29) is 5.82 Å². The molecule has 142 valence electrons. The molecule has 7 heteroatoms. The third-order valence-corrected chi connectivity index (χ3v) is 4.52. The van der Waals surface area contributed by atoms with Gasteiger partial charge < -0.3 is 15.2 Å². The minimum atomic E-state index is -0.197. The highest BCUT2D eigenvalue weighted by Gasteiger charge is 2.08. The number of aliphatic imine (C=N–C) groups is 1. The maximum Gasteiger partial charge on any atom is 0.191 e. The van der Waals surface area contributed by atoms with Crippen molar-refractivity contribution in [2.24, 2.45) is 10.9 Å². The van der Waals surface area contributed by atoms with Crippen LogP contribution >= 0.6 is 11.8 Å². The summed E-state index contributed by atoms with van der Waals surface area (Å²) in [4.78, 5) is 8.68. The summed E-state index contributed by atoms with van der Waals surface area (Å²) in [6.45, 7) is 6.51. The summed E-state index contributed by atoms with van der Waals surface area (Å²) in [6.07, 6.45) is 5.84. The van der Waals surface area contributed by atoms with Crippen molar-refractivity contribution in [3.8, 4) is 0 Å². The Hall–Kier alpha value is -2.02. The molecule has 2 aromatic rings. The molecule has 0 fully saturated rings. The van der Waals surface area contributed by atoms with Gasteiger partial charge in [-0.15, -0.1) is 0 Å². The summed E-state index contributed by atoms with van der Waals surface area (Å²) in [7, 11) is 1.74. The SMILES string of the molecule is CN=C(NCc1ccc(F)cc1CSC)NCc1nccn1CC(C)C. The lowest BCUT2D eigenvalue weighted by Gasteiger charge is -2.15. The number of nitrogens with zero attached hydrogens (tertiary/aromatic N) is 3. The Labute approximate surface area is 159 Å². The molecule has 1 heterocycles. The second-order valence-electron chi connectivity index (χ2n) is 6.52. The molecule has 5 nitrogen and oxygen atoms in total. The lowest BCUT2D eigenvalue weighted by Crippen LogP contribution is -2.37. The second kappa shape index (κ2) is 10.2. The lowest BCUT2D eigenvalue weighted by molar-refractivity contribution is 0.503. The van der Waals surface area contributed by atoms with Crippen molar-refractivity contribution in [2.45, 2.75) is 39.2 Å². The fourth-order valence-electron chi connectivity index (χ4n) is 2.69. The highest BCUT2D eigenvalue weighted by atomic mass is 32.2. The molecule has 0 aliphatic carbocycles. The van der Waals surface area contributed by atoms with Gasteiger partial charge in [0.2, 0.25) is 0 Å². The van der Waals surface area contributed by atoms with Gasteiger partial charge in [-0.1, -0.05) is 19.9 Å². The van der Waals surface area contributed by atoms with E-state index in [1.807, 2.05) is 24.7 Å². The van der Waals surface area contributed by atoms with Gasteiger partial charge in [-0.25, -0.2) is 9.37 Å². The molecule has 0 aliphatic rings. The number of benzene rings is 1. The van der Waals surface area contributed by atoms with Crippen molar-refractivity contribution in [1.82, 2.24) is 20.2 Å². The highest BCUT2D eigenvalue weighted by molar-refractivity contribution is 7.97. The Morgan fingerprint density at radius 3 is 2.73 bits per heavy atom. The second-order valence-corrected chi connectivity index (χ2v) is 7.38. The average Bonchev–Trinajstić information content (AvgIpc) is 3.03. The van der Waals surface area contributed by atoms with E-state index < -0.39 is 0 Å². The molecule has 0 saturated heterocycles. The van der Waals surface area contributed by atoms with E-state index in [2.05, 4.69) is 39.0 Å². The molecule has 0 radical (unpaired) electrons. The van der Waals surface area contributed by atoms with Crippen LogP contribution in [0, 0.1) is 11.7 Å². The fraction of sp³-hybridized carbons (Fsp3) is 0.474. The zero-order valence-electron chi connectivity index (χ0n) is 15.9. The largest absolute Gasteiger partial charge is 0.352 e. The quantitative estimate of drug-likeness (QED) is 0.547. The molecule has 1 aromatic heterocycles. The molecule has 0 aliphatic heterocycles. The Morgan fingerprint density at radius 1 is 1.27 bits per heavy atom. The number of halogens is 1. The van der Waals surface area contributed by atoms with Crippen LogP contribution in [0.4, 0.5) is 4.39 Å². The number of imidazole rings is 1. The molecule has 0 atom stereocenters. The van der Waals surface area contributed by atoms with Gasteiger partial charge in [0.25, 0.3) is 0 Å². The molecule has 2 rings (SSSR count). The zero-order chi connectivity index (χ0) is 18.9. The van der Waals surface area contributed by atoms with Gasteiger partial charge in [-0.3, -0.25) is 4.99 Å². The van der Waals surface area contributed by atoms with Gasteiger partial charge in [0.1, 0.15) is 11.6 Å². The first-order valence-electron chi connectivity index (χ1n) is 8.74. The Bertz CT molecular complexity index is 726. The minimum Gasteiger partial charge on any atom is -0.352 e. The van der Waals surface area contributed by atoms with E-state index in [1.54, 1.807) is 24.9 Å². The molecule has 0 spiro atoms. The van der Waals surface area contributed by atoms with Gasteiger partial charge in [-0.05, 0) is 35.4 Å². The monoisotopic (exact) mass is 377 g/mol. The first-order chi connectivity index (χ1) is 12.5. The number of rotatable bonds is 8. The zero-order valence-corrected chi connectivity index (χ0v) is 16.7. The van der Waals surface area contributed by atoms with Crippen LogP contribution < -0.4 is 10.6 Å². The summed E-state index contributed by atoms with van der Waals surface area (Å²) in [6, 6.07) is 4.93. The number of aromatic nitrogens is 2. The van der Waals surface area contributed by atoms with Crippen LogP contribution in [0.15, 0.2) is 35.6 Å². The van der Waals surface area contributed by atoms with Crippen LogP contribution in [0.5, 0.6) is 0 Å². The molecule has 26 heavy (non-hydrogen) atoms. The predicted molar refractivity (Wildman–Crippen MR) is 108 cm³/mol. The molecular weight excluding hydrogens is 349 g/mol. The molecule has 0 bridgehead atoms.